The SMILES string of the molecule is CCCCCCCCCCCCCCC/C=C/CC/C=C/C(O)C(COP(=O)(O)OCCN)NC(=O)CCCCCCCCCCCCCC. The highest BCUT2D eigenvalue weighted by atomic mass is 31.2. The largest absolute Gasteiger partial charge is 0.472 e. The van der Waals surface area contributed by atoms with Crippen molar-refractivity contribution in [3.8, 4) is 0 Å². The fraction of sp³-hybridized carbons (Fsp3) is 0.878. The summed E-state index contributed by atoms with van der Waals surface area (Å²) in [6.45, 7) is 4.11. The molecule has 8 nitrogen and oxygen atoms in total. The van der Waals surface area contributed by atoms with E-state index in [1.54, 1.807) is 6.08 Å². The first kappa shape index (κ1) is 49.0. The van der Waals surface area contributed by atoms with Crippen LogP contribution in [0.4, 0.5) is 0 Å². The fourth-order valence-corrected chi connectivity index (χ4v) is 6.85. The van der Waals surface area contributed by atoms with Crippen LogP contribution in [0.15, 0.2) is 24.3 Å². The Morgan fingerprint density at radius 1 is 0.640 bits per heavy atom. The summed E-state index contributed by atoms with van der Waals surface area (Å²) in [5.41, 5.74) is 5.36. The average molecular weight is 729 g/mol. The Bertz CT molecular complexity index is 840. The van der Waals surface area contributed by atoms with Crippen LogP contribution in [-0.2, 0) is 18.4 Å². The number of hydrogen-bond acceptors (Lipinski definition) is 6. The van der Waals surface area contributed by atoms with Gasteiger partial charge in [-0.2, -0.15) is 0 Å². The molecule has 0 radical (unpaired) electrons. The maximum Gasteiger partial charge on any atom is 0.472 e. The number of unbranched alkanes of at least 4 members (excludes halogenated alkanes) is 25. The van der Waals surface area contributed by atoms with Crippen molar-refractivity contribution in [1.29, 1.82) is 0 Å². The molecule has 1 amide bonds. The molecule has 0 heterocycles. The van der Waals surface area contributed by atoms with Gasteiger partial charge in [-0.3, -0.25) is 13.8 Å². The van der Waals surface area contributed by atoms with Crippen LogP contribution in [0, 0.1) is 0 Å². The number of amides is 1. The fourth-order valence-electron chi connectivity index (χ4n) is 6.09. The Balaban J connectivity index is 4.26. The standard InChI is InChI=1S/C41H81N2O6P/c1-3-5-7-9-11-13-15-17-18-19-20-21-22-23-24-26-28-30-32-34-40(44)39(38-49-50(46,47)48-37-36-42)43-41(45)35-33-31-29-27-25-16-14-12-10-8-6-4-2/h24,26,32,34,39-40,44H,3-23,25,27-31,33,35-38,42H2,1-2H3,(H,43,45)(H,46,47)/b26-24+,34-32+. The highest BCUT2D eigenvalue weighted by Crippen LogP contribution is 2.43. The van der Waals surface area contributed by atoms with E-state index in [-0.39, 0.29) is 25.7 Å². The van der Waals surface area contributed by atoms with Crippen LogP contribution in [0.5, 0.6) is 0 Å². The molecule has 0 aromatic rings. The molecular weight excluding hydrogens is 647 g/mol. The topological polar surface area (TPSA) is 131 Å². The number of nitrogens with one attached hydrogen (secondary N) is 1. The van der Waals surface area contributed by atoms with E-state index in [1.165, 1.54) is 141 Å². The van der Waals surface area contributed by atoms with Crippen LogP contribution in [0.1, 0.15) is 200 Å². The molecule has 5 N–H and O–H groups in total. The summed E-state index contributed by atoms with van der Waals surface area (Å²) < 4.78 is 22.1. The monoisotopic (exact) mass is 729 g/mol. The summed E-state index contributed by atoms with van der Waals surface area (Å²) in [4.78, 5) is 22.6. The number of carbonyl (C=O) groups is 1. The van der Waals surface area contributed by atoms with Crippen molar-refractivity contribution in [3.63, 3.8) is 0 Å². The number of nitrogens with two attached hydrogens (primary N) is 1. The summed E-state index contributed by atoms with van der Waals surface area (Å²) in [7, 11) is -4.34. The molecule has 0 bridgehead atoms. The maximum absolute atomic E-state index is 12.7. The lowest BCUT2D eigenvalue weighted by Crippen LogP contribution is -2.45. The van der Waals surface area contributed by atoms with Gasteiger partial charge in [0.05, 0.1) is 25.4 Å². The number of rotatable bonds is 39. The first-order chi connectivity index (χ1) is 24.4. The van der Waals surface area contributed by atoms with E-state index in [9.17, 15) is 19.4 Å². The number of phosphoric ester groups is 1. The van der Waals surface area contributed by atoms with Crippen LogP contribution < -0.4 is 11.1 Å². The maximum atomic E-state index is 12.7. The van der Waals surface area contributed by atoms with Crippen LogP contribution in [-0.4, -0.2) is 47.8 Å². The summed E-state index contributed by atoms with van der Waals surface area (Å²) in [6.07, 6.45) is 42.3. The Morgan fingerprint density at radius 2 is 1.06 bits per heavy atom. The van der Waals surface area contributed by atoms with Gasteiger partial charge in [-0.1, -0.05) is 186 Å². The van der Waals surface area contributed by atoms with E-state index in [0.717, 1.165) is 38.5 Å². The second kappa shape index (κ2) is 37.7. The lowest BCUT2D eigenvalue weighted by Gasteiger charge is -2.23. The number of aliphatic hydroxyl groups excluding tert-OH is 1. The van der Waals surface area contributed by atoms with Crippen LogP contribution >= 0.6 is 7.82 Å². The summed E-state index contributed by atoms with van der Waals surface area (Å²) in [6, 6.07) is -0.871. The van der Waals surface area contributed by atoms with Gasteiger partial charge in [0.2, 0.25) is 5.91 Å². The molecular formula is C41H81N2O6P. The smallest absolute Gasteiger partial charge is 0.387 e. The van der Waals surface area contributed by atoms with E-state index in [1.807, 2.05) is 6.08 Å². The van der Waals surface area contributed by atoms with Crippen LogP contribution in [0.3, 0.4) is 0 Å². The molecule has 0 aromatic heterocycles. The van der Waals surface area contributed by atoms with Crippen molar-refractivity contribution in [2.45, 2.75) is 212 Å². The van der Waals surface area contributed by atoms with Crippen LogP contribution in [0.25, 0.3) is 0 Å². The van der Waals surface area contributed by atoms with Gasteiger partial charge in [0, 0.05) is 13.0 Å². The van der Waals surface area contributed by atoms with E-state index < -0.39 is 20.0 Å². The predicted octanol–water partition coefficient (Wildman–Crippen LogP) is 11.4. The Kier molecular flexibility index (Phi) is 37.0. The second-order valence-corrected chi connectivity index (χ2v) is 15.7. The third-order valence-electron chi connectivity index (χ3n) is 9.28. The number of allylic oxidation sites excluding steroid dienone is 3. The van der Waals surface area contributed by atoms with Gasteiger partial charge < -0.3 is 21.1 Å². The van der Waals surface area contributed by atoms with Gasteiger partial charge >= 0.3 is 7.82 Å². The molecule has 3 unspecified atom stereocenters. The summed E-state index contributed by atoms with van der Waals surface area (Å²) in [5, 5.41) is 13.6. The molecule has 0 spiro atoms. The lowest BCUT2D eigenvalue weighted by molar-refractivity contribution is -0.123. The quantitative estimate of drug-likeness (QED) is 0.0281. The van der Waals surface area contributed by atoms with E-state index in [0.29, 0.717) is 6.42 Å². The van der Waals surface area contributed by atoms with Crippen molar-refractivity contribution in [2.24, 2.45) is 5.73 Å². The number of phosphoric acid groups is 1. The molecule has 0 rings (SSSR count). The van der Waals surface area contributed by atoms with Crippen molar-refractivity contribution in [2.75, 3.05) is 19.8 Å². The molecule has 0 aliphatic carbocycles. The minimum Gasteiger partial charge on any atom is -0.387 e. The molecule has 9 heteroatoms. The molecule has 296 valence electrons. The second-order valence-electron chi connectivity index (χ2n) is 14.2. The predicted molar refractivity (Wildman–Crippen MR) is 212 cm³/mol. The van der Waals surface area contributed by atoms with Crippen molar-refractivity contribution >= 4 is 13.7 Å². The van der Waals surface area contributed by atoms with Crippen molar-refractivity contribution < 1.29 is 28.4 Å². The van der Waals surface area contributed by atoms with Gasteiger partial charge in [-0.25, -0.2) is 4.57 Å². The highest BCUT2D eigenvalue weighted by Gasteiger charge is 2.26. The first-order valence-corrected chi connectivity index (χ1v) is 22.5. The summed E-state index contributed by atoms with van der Waals surface area (Å²) in [5.74, 6) is -0.204. The van der Waals surface area contributed by atoms with Gasteiger partial charge in [-0.05, 0) is 32.1 Å². The van der Waals surface area contributed by atoms with Gasteiger partial charge in [0.25, 0.3) is 0 Å². The van der Waals surface area contributed by atoms with E-state index >= 15 is 0 Å². The Labute approximate surface area is 308 Å². The third-order valence-corrected chi connectivity index (χ3v) is 10.3. The first-order valence-electron chi connectivity index (χ1n) is 21.0. The number of hydrogen-bond donors (Lipinski definition) is 4. The minimum atomic E-state index is -4.34. The average Bonchev–Trinajstić information content (AvgIpc) is 3.10. The normalized spacial score (nSPS) is 14.4. The molecule has 0 aliphatic heterocycles. The van der Waals surface area contributed by atoms with E-state index in [4.69, 9.17) is 14.8 Å². The van der Waals surface area contributed by atoms with E-state index in [2.05, 4.69) is 31.3 Å². The van der Waals surface area contributed by atoms with Crippen molar-refractivity contribution in [3.05, 3.63) is 24.3 Å². The van der Waals surface area contributed by atoms with Gasteiger partial charge in [0.1, 0.15) is 0 Å². The van der Waals surface area contributed by atoms with Crippen LogP contribution in [0.2, 0.25) is 0 Å². The molecule has 0 fully saturated rings. The van der Waals surface area contributed by atoms with Gasteiger partial charge in [-0.15, -0.1) is 0 Å². The molecule has 50 heavy (non-hydrogen) atoms. The third kappa shape index (κ3) is 35.4. The molecule has 0 saturated heterocycles. The van der Waals surface area contributed by atoms with Gasteiger partial charge in [0.15, 0.2) is 0 Å². The zero-order valence-electron chi connectivity index (χ0n) is 32.6. The molecule has 3 atom stereocenters. The summed E-state index contributed by atoms with van der Waals surface area (Å²) >= 11 is 0. The Morgan fingerprint density at radius 3 is 1.54 bits per heavy atom. The number of carbonyl (C=O) groups excluding carboxylic acids is 1. The molecule has 0 aliphatic rings. The zero-order valence-corrected chi connectivity index (χ0v) is 33.5. The molecule has 0 saturated carbocycles. The molecule has 0 aromatic carbocycles. The zero-order chi connectivity index (χ0) is 36.8. The minimum absolute atomic E-state index is 0.0757. The lowest BCUT2D eigenvalue weighted by atomic mass is 10.0. The van der Waals surface area contributed by atoms with Crippen molar-refractivity contribution in [1.82, 2.24) is 5.32 Å². The highest BCUT2D eigenvalue weighted by molar-refractivity contribution is 7.47. The Hall–Kier alpha value is -1.02. The number of aliphatic hydroxyl groups is 1.